The average molecular weight is 384 g/mol. The van der Waals surface area contributed by atoms with Gasteiger partial charge in [0.1, 0.15) is 5.82 Å². The van der Waals surface area contributed by atoms with Crippen LogP contribution in [0.25, 0.3) is 33.1 Å². The minimum absolute atomic E-state index is 0.358. The molecule has 146 valence electrons. The Bertz CT molecular complexity index is 1170. The van der Waals surface area contributed by atoms with Crippen LogP contribution < -0.4 is 11.1 Å². The smallest absolute Gasteiger partial charge is 0.226 e. The lowest BCUT2D eigenvalue weighted by atomic mass is 10.0. The number of piperidine rings is 1. The van der Waals surface area contributed by atoms with Crippen molar-refractivity contribution >= 4 is 33.6 Å². The molecule has 6 nitrogen and oxygen atoms in total. The van der Waals surface area contributed by atoms with Crippen LogP contribution >= 0.6 is 0 Å². The van der Waals surface area contributed by atoms with E-state index in [4.69, 9.17) is 15.7 Å². The number of benzene rings is 2. The fraction of sp³-hybridized carbons (Fsp3) is 0.261. The van der Waals surface area contributed by atoms with Crippen LogP contribution in [0.2, 0.25) is 0 Å². The van der Waals surface area contributed by atoms with E-state index in [1.165, 1.54) is 0 Å². The minimum atomic E-state index is 0.358. The third-order valence-corrected chi connectivity index (χ3v) is 5.69. The zero-order chi connectivity index (χ0) is 19.8. The second-order valence-corrected chi connectivity index (χ2v) is 7.72. The predicted molar refractivity (Wildman–Crippen MR) is 119 cm³/mol. The van der Waals surface area contributed by atoms with E-state index in [1.54, 1.807) is 0 Å². The summed E-state index contributed by atoms with van der Waals surface area (Å²) in [4.78, 5) is 16.6. The van der Waals surface area contributed by atoms with Crippen LogP contribution in [0.1, 0.15) is 12.8 Å². The number of hydrogen-bond acceptors (Lipinski definition) is 6. The molecule has 4 aromatic rings. The molecule has 0 saturated carbocycles. The van der Waals surface area contributed by atoms with Gasteiger partial charge in [0.25, 0.3) is 0 Å². The number of anilines is 2. The standard InChI is InChI=1S/C23H24N6/c1-29-13-11-16(12-14-29)25-23-27-21(24)19-17-9-5-6-10-18(17)20(26-22(19)28-23)15-7-3-2-4-8-15/h2-10,16H,11-14H2,1H3,(H3,24,25,26,27,28). The van der Waals surface area contributed by atoms with Gasteiger partial charge in [-0.15, -0.1) is 0 Å². The second-order valence-electron chi connectivity index (χ2n) is 7.72. The normalized spacial score (nSPS) is 15.8. The van der Waals surface area contributed by atoms with Crippen LogP contribution in [-0.4, -0.2) is 46.0 Å². The first kappa shape index (κ1) is 17.8. The van der Waals surface area contributed by atoms with Crippen molar-refractivity contribution in [2.75, 3.05) is 31.2 Å². The summed E-state index contributed by atoms with van der Waals surface area (Å²) in [6, 6.07) is 18.7. The third kappa shape index (κ3) is 3.36. The number of pyridine rings is 1. The molecule has 2 aromatic heterocycles. The van der Waals surface area contributed by atoms with Gasteiger partial charge in [0, 0.05) is 17.0 Å². The molecule has 1 aliphatic heterocycles. The Balaban J connectivity index is 1.64. The Labute approximate surface area is 169 Å². The van der Waals surface area contributed by atoms with Crippen molar-refractivity contribution in [3.8, 4) is 11.3 Å². The number of fused-ring (bicyclic) bond motifs is 3. The van der Waals surface area contributed by atoms with Gasteiger partial charge in [-0.25, -0.2) is 4.98 Å². The van der Waals surface area contributed by atoms with Crippen molar-refractivity contribution in [3.63, 3.8) is 0 Å². The lowest BCUT2D eigenvalue weighted by Gasteiger charge is -2.29. The summed E-state index contributed by atoms with van der Waals surface area (Å²) in [5, 5.41) is 6.37. The molecule has 5 rings (SSSR count). The lowest BCUT2D eigenvalue weighted by Crippen LogP contribution is -2.37. The van der Waals surface area contributed by atoms with Crippen molar-refractivity contribution in [1.82, 2.24) is 19.9 Å². The maximum absolute atomic E-state index is 6.40. The Morgan fingerprint density at radius 1 is 0.897 bits per heavy atom. The molecule has 29 heavy (non-hydrogen) atoms. The predicted octanol–water partition coefficient (Wildman–Crippen LogP) is 3.93. The fourth-order valence-electron chi connectivity index (χ4n) is 4.09. The zero-order valence-corrected chi connectivity index (χ0v) is 16.5. The van der Waals surface area contributed by atoms with Crippen LogP contribution in [0.3, 0.4) is 0 Å². The van der Waals surface area contributed by atoms with Crippen molar-refractivity contribution in [1.29, 1.82) is 0 Å². The molecule has 0 aliphatic carbocycles. The molecule has 0 spiro atoms. The van der Waals surface area contributed by atoms with E-state index < -0.39 is 0 Å². The Morgan fingerprint density at radius 3 is 2.34 bits per heavy atom. The molecule has 0 amide bonds. The topological polar surface area (TPSA) is 80.0 Å². The molecule has 1 fully saturated rings. The van der Waals surface area contributed by atoms with Crippen LogP contribution in [0.5, 0.6) is 0 Å². The molecule has 0 unspecified atom stereocenters. The highest BCUT2D eigenvalue weighted by Gasteiger charge is 2.19. The van der Waals surface area contributed by atoms with E-state index in [2.05, 4.69) is 46.5 Å². The number of aromatic nitrogens is 3. The van der Waals surface area contributed by atoms with E-state index in [-0.39, 0.29) is 0 Å². The first-order valence-electron chi connectivity index (χ1n) is 10.1. The average Bonchev–Trinajstić information content (AvgIpc) is 2.75. The van der Waals surface area contributed by atoms with Crippen molar-refractivity contribution in [3.05, 3.63) is 54.6 Å². The Hall–Kier alpha value is -3.25. The first-order valence-corrected chi connectivity index (χ1v) is 10.1. The van der Waals surface area contributed by atoms with Gasteiger partial charge in [-0.05, 0) is 38.4 Å². The van der Waals surface area contributed by atoms with Gasteiger partial charge in [0.05, 0.1) is 11.1 Å². The number of likely N-dealkylation sites (tertiary alicyclic amines) is 1. The summed E-state index contributed by atoms with van der Waals surface area (Å²) in [6.45, 7) is 2.14. The molecule has 6 heteroatoms. The number of nitrogens with one attached hydrogen (secondary N) is 1. The molecule has 3 heterocycles. The Kier molecular flexibility index (Phi) is 4.48. The van der Waals surface area contributed by atoms with Crippen LogP contribution in [0, 0.1) is 0 Å². The maximum atomic E-state index is 6.40. The molecule has 0 bridgehead atoms. The largest absolute Gasteiger partial charge is 0.383 e. The van der Waals surface area contributed by atoms with Gasteiger partial charge in [-0.3, -0.25) is 0 Å². The molecule has 2 aromatic carbocycles. The second kappa shape index (κ2) is 7.29. The van der Waals surface area contributed by atoms with Gasteiger partial charge < -0.3 is 16.0 Å². The number of nitrogen functional groups attached to an aromatic ring is 1. The lowest BCUT2D eigenvalue weighted by molar-refractivity contribution is 0.263. The summed E-state index contributed by atoms with van der Waals surface area (Å²) in [5.41, 5.74) is 9.01. The monoisotopic (exact) mass is 384 g/mol. The number of nitrogens with two attached hydrogens (primary N) is 1. The molecule has 3 N–H and O–H groups in total. The summed E-state index contributed by atoms with van der Waals surface area (Å²) in [5.74, 6) is 1.03. The van der Waals surface area contributed by atoms with E-state index in [0.717, 1.165) is 53.3 Å². The third-order valence-electron chi connectivity index (χ3n) is 5.69. The highest BCUT2D eigenvalue weighted by atomic mass is 15.2. The van der Waals surface area contributed by atoms with E-state index in [9.17, 15) is 0 Å². The van der Waals surface area contributed by atoms with Crippen molar-refractivity contribution < 1.29 is 0 Å². The highest BCUT2D eigenvalue weighted by molar-refractivity contribution is 6.13. The first-order chi connectivity index (χ1) is 14.2. The quantitative estimate of drug-likeness (QED) is 0.521. The van der Waals surface area contributed by atoms with Crippen molar-refractivity contribution in [2.24, 2.45) is 0 Å². The number of nitrogens with zero attached hydrogens (tertiary/aromatic N) is 4. The van der Waals surface area contributed by atoms with Crippen molar-refractivity contribution in [2.45, 2.75) is 18.9 Å². The molecular weight excluding hydrogens is 360 g/mol. The van der Waals surface area contributed by atoms with Crippen LogP contribution in [0.15, 0.2) is 54.6 Å². The summed E-state index contributed by atoms with van der Waals surface area (Å²) in [7, 11) is 2.15. The summed E-state index contributed by atoms with van der Waals surface area (Å²) >= 11 is 0. The van der Waals surface area contributed by atoms with Gasteiger partial charge in [-0.1, -0.05) is 54.6 Å². The molecule has 0 radical (unpaired) electrons. The van der Waals surface area contributed by atoms with E-state index in [0.29, 0.717) is 23.5 Å². The molecule has 1 aliphatic rings. The molecule has 0 atom stereocenters. The SMILES string of the molecule is CN1CCC(Nc2nc(N)c3c(n2)nc(-c2ccccc2)c2ccccc23)CC1. The van der Waals surface area contributed by atoms with Gasteiger partial charge in [0.2, 0.25) is 5.95 Å². The van der Waals surface area contributed by atoms with Gasteiger partial charge >= 0.3 is 0 Å². The molecule has 1 saturated heterocycles. The Morgan fingerprint density at radius 2 is 1.59 bits per heavy atom. The van der Waals surface area contributed by atoms with Crippen LogP contribution in [0.4, 0.5) is 11.8 Å². The number of rotatable bonds is 3. The highest BCUT2D eigenvalue weighted by Crippen LogP contribution is 2.34. The molecular formula is C23H24N6. The maximum Gasteiger partial charge on any atom is 0.226 e. The van der Waals surface area contributed by atoms with Crippen LogP contribution in [-0.2, 0) is 0 Å². The van der Waals surface area contributed by atoms with E-state index in [1.807, 2.05) is 30.3 Å². The zero-order valence-electron chi connectivity index (χ0n) is 16.5. The minimum Gasteiger partial charge on any atom is -0.383 e. The summed E-state index contributed by atoms with van der Waals surface area (Å²) < 4.78 is 0. The summed E-state index contributed by atoms with van der Waals surface area (Å²) in [6.07, 6.45) is 2.14. The van der Waals surface area contributed by atoms with Gasteiger partial charge in [0.15, 0.2) is 5.65 Å². The van der Waals surface area contributed by atoms with Gasteiger partial charge in [-0.2, -0.15) is 9.97 Å². The fourth-order valence-corrected chi connectivity index (χ4v) is 4.09. The number of hydrogen-bond donors (Lipinski definition) is 2. The van der Waals surface area contributed by atoms with E-state index >= 15 is 0 Å².